The van der Waals surface area contributed by atoms with Crippen LogP contribution in [0.4, 0.5) is 10.5 Å². The van der Waals surface area contributed by atoms with E-state index in [4.69, 9.17) is 21.1 Å². The summed E-state index contributed by atoms with van der Waals surface area (Å²) in [4.78, 5) is 31.0. The third-order valence-electron chi connectivity index (χ3n) is 6.70. The Labute approximate surface area is 245 Å². The highest BCUT2D eigenvalue weighted by molar-refractivity contribution is 6.34. The maximum atomic E-state index is 14.1. The van der Waals surface area contributed by atoms with Crippen LogP contribution in [0.2, 0.25) is 5.02 Å². The van der Waals surface area contributed by atoms with E-state index in [-0.39, 0.29) is 25.6 Å². The molecule has 2 amide bonds. The van der Waals surface area contributed by atoms with Gasteiger partial charge in [-0.05, 0) is 62.2 Å². The lowest BCUT2D eigenvalue weighted by Crippen LogP contribution is -2.49. The molecule has 3 aromatic carbocycles. The molecule has 0 fully saturated rings. The van der Waals surface area contributed by atoms with Gasteiger partial charge >= 0.3 is 6.09 Å². The molecule has 0 N–H and O–H groups in total. The van der Waals surface area contributed by atoms with Gasteiger partial charge < -0.3 is 14.4 Å². The van der Waals surface area contributed by atoms with Gasteiger partial charge in [0.1, 0.15) is 5.60 Å². The van der Waals surface area contributed by atoms with E-state index in [1.54, 1.807) is 32.8 Å². The van der Waals surface area contributed by atoms with Crippen molar-refractivity contribution in [2.45, 2.75) is 45.6 Å². The molecule has 0 aliphatic carbocycles. The highest BCUT2D eigenvalue weighted by Crippen LogP contribution is 2.32. The van der Waals surface area contributed by atoms with Crippen LogP contribution in [0, 0.1) is 0 Å². The third-order valence-corrected chi connectivity index (χ3v) is 7.02. The molecule has 0 bridgehead atoms. The van der Waals surface area contributed by atoms with Crippen molar-refractivity contribution < 1.29 is 19.1 Å². The van der Waals surface area contributed by atoms with Crippen molar-refractivity contribution in [1.29, 1.82) is 0 Å². The van der Waals surface area contributed by atoms with Crippen molar-refractivity contribution in [2.75, 3.05) is 18.1 Å². The number of benzene rings is 3. The highest BCUT2D eigenvalue weighted by atomic mass is 35.5. The van der Waals surface area contributed by atoms with Crippen molar-refractivity contribution in [3.63, 3.8) is 0 Å². The van der Waals surface area contributed by atoms with Gasteiger partial charge in [0.2, 0.25) is 0 Å². The zero-order valence-corrected chi connectivity index (χ0v) is 24.1. The second-order valence-corrected chi connectivity index (χ2v) is 11.3. The van der Waals surface area contributed by atoms with E-state index in [9.17, 15) is 9.59 Å². The third kappa shape index (κ3) is 6.78. The van der Waals surface area contributed by atoms with Crippen LogP contribution in [0.1, 0.15) is 42.3 Å². The number of carbonyl (C=O) groups is 2. The van der Waals surface area contributed by atoms with Crippen LogP contribution in [-0.4, -0.2) is 51.5 Å². The second-order valence-electron chi connectivity index (χ2n) is 10.9. The molecule has 1 aromatic heterocycles. The first-order valence-electron chi connectivity index (χ1n) is 13.5. The molecule has 1 atom stereocenters. The summed E-state index contributed by atoms with van der Waals surface area (Å²) < 4.78 is 13.6. The molecule has 4 aromatic rings. The zero-order valence-electron chi connectivity index (χ0n) is 23.4. The SMILES string of the molecule is CC(C)(C)OC(=O)N1Cc2ccccc2N(C(=O)c2ccc(-n3cccn3)cc2Cl)C[C@H]1COCc1ccccc1. The molecular formula is C32H33ClN4O4. The summed E-state index contributed by atoms with van der Waals surface area (Å²) in [6, 6.07) is 24.0. The number of hydrogen-bond acceptors (Lipinski definition) is 5. The Morgan fingerprint density at radius 2 is 1.76 bits per heavy atom. The van der Waals surface area contributed by atoms with Gasteiger partial charge in [0.05, 0.1) is 42.1 Å². The van der Waals surface area contributed by atoms with E-state index >= 15 is 0 Å². The quantitative estimate of drug-likeness (QED) is 0.263. The summed E-state index contributed by atoms with van der Waals surface area (Å²) in [5.74, 6) is -0.270. The normalized spacial score (nSPS) is 15.3. The molecule has 212 valence electrons. The Morgan fingerprint density at radius 1 is 1.00 bits per heavy atom. The Balaban J connectivity index is 1.47. The molecule has 0 saturated heterocycles. The minimum Gasteiger partial charge on any atom is -0.444 e. The summed E-state index contributed by atoms with van der Waals surface area (Å²) in [6.07, 6.45) is 3.03. The van der Waals surface area contributed by atoms with E-state index in [2.05, 4.69) is 5.10 Å². The first-order valence-corrected chi connectivity index (χ1v) is 13.9. The van der Waals surface area contributed by atoms with Gasteiger partial charge in [-0.1, -0.05) is 60.1 Å². The van der Waals surface area contributed by atoms with E-state index in [1.807, 2.05) is 93.7 Å². The predicted octanol–water partition coefficient (Wildman–Crippen LogP) is 6.51. The van der Waals surface area contributed by atoms with Crippen LogP contribution >= 0.6 is 11.6 Å². The molecule has 41 heavy (non-hydrogen) atoms. The van der Waals surface area contributed by atoms with Gasteiger partial charge in [0, 0.05) is 24.6 Å². The standard InChI is InChI=1S/C32H33ClN4O4/c1-32(2,3)41-31(39)35-19-24-12-7-8-13-29(24)36(20-26(35)22-40-21-23-10-5-4-6-11-23)30(38)27-15-14-25(18-28(27)33)37-17-9-16-34-37/h4-18,26H,19-22H2,1-3H3/t26-/m0/s1. The van der Waals surface area contributed by atoms with Gasteiger partial charge in [-0.15, -0.1) is 0 Å². The van der Waals surface area contributed by atoms with E-state index in [0.717, 1.165) is 16.8 Å². The molecule has 0 spiro atoms. The Morgan fingerprint density at radius 3 is 2.46 bits per heavy atom. The predicted molar refractivity (Wildman–Crippen MR) is 158 cm³/mol. The number of hydrogen-bond donors (Lipinski definition) is 0. The van der Waals surface area contributed by atoms with Gasteiger partial charge in [-0.3, -0.25) is 9.69 Å². The van der Waals surface area contributed by atoms with Crippen molar-refractivity contribution in [2.24, 2.45) is 0 Å². The molecule has 0 unspecified atom stereocenters. The molecule has 1 aliphatic heterocycles. The fourth-order valence-corrected chi connectivity index (χ4v) is 5.03. The Hall–Kier alpha value is -4.14. The Bertz CT molecular complexity index is 1500. The maximum Gasteiger partial charge on any atom is 0.410 e. The fraction of sp³-hybridized carbons (Fsp3) is 0.281. The highest BCUT2D eigenvalue weighted by Gasteiger charge is 2.36. The number of anilines is 1. The molecule has 5 rings (SSSR count). The largest absolute Gasteiger partial charge is 0.444 e. The van der Waals surface area contributed by atoms with E-state index in [1.165, 1.54) is 0 Å². The van der Waals surface area contributed by atoms with E-state index in [0.29, 0.717) is 22.9 Å². The van der Waals surface area contributed by atoms with Crippen LogP contribution in [0.3, 0.4) is 0 Å². The average molecular weight is 573 g/mol. The Kier molecular flexibility index (Phi) is 8.42. The maximum absolute atomic E-state index is 14.1. The molecule has 8 nitrogen and oxygen atoms in total. The van der Waals surface area contributed by atoms with Crippen LogP contribution in [0.5, 0.6) is 0 Å². The van der Waals surface area contributed by atoms with Gasteiger partial charge in [-0.25, -0.2) is 9.48 Å². The first kappa shape index (κ1) is 28.4. The number of fused-ring (bicyclic) bond motifs is 1. The average Bonchev–Trinajstić information content (AvgIpc) is 3.43. The van der Waals surface area contributed by atoms with Crippen molar-refractivity contribution >= 4 is 29.3 Å². The van der Waals surface area contributed by atoms with Crippen LogP contribution in [0.15, 0.2) is 91.3 Å². The number of amides is 2. The second kappa shape index (κ2) is 12.2. The molecule has 2 heterocycles. The lowest BCUT2D eigenvalue weighted by molar-refractivity contribution is -0.00139. The van der Waals surface area contributed by atoms with Crippen LogP contribution in [0.25, 0.3) is 5.69 Å². The lowest BCUT2D eigenvalue weighted by atomic mass is 10.1. The minimum atomic E-state index is -0.683. The molecule has 1 aliphatic rings. The molecule has 0 saturated carbocycles. The molecule has 9 heteroatoms. The monoisotopic (exact) mass is 572 g/mol. The number of halogens is 1. The summed E-state index contributed by atoms with van der Waals surface area (Å²) in [7, 11) is 0. The van der Waals surface area contributed by atoms with Gasteiger partial charge in [-0.2, -0.15) is 5.10 Å². The fourth-order valence-electron chi connectivity index (χ4n) is 4.77. The lowest BCUT2D eigenvalue weighted by Gasteiger charge is -2.33. The van der Waals surface area contributed by atoms with E-state index < -0.39 is 17.7 Å². The number of para-hydroxylation sites is 1. The molecular weight excluding hydrogens is 540 g/mol. The summed E-state index contributed by atoms with van der Waals surface area (Å²) in [5.41, 5.74) is 2.97. The number of nitrogens with zero attached hydrogens (tertiary/aromatic N) is 4. The van der Waals surface area contributed by atoms with Crippen molar-refractivity contribution in [1.82, 2.24) is 14.7 Å². The summed E-state index contributed by atoms with van der Waals surface area (Å²) >= 11 is 6.67. The molecule has 0 radical (unpaired) electrons. The number of rotatable bonds is 6. The summed E-state index contributed by atoms with van der Waals surface area (Å²) in [5, 5.41) is 4.55. The van der Waals surface area contributed by atoms with Crippen molar-refractivity contribution in [3.8, 4) is 5.69 Å². The van der Waals surface area contributed by atoms with Crippen molar-refractivity contribution in [3.05, 3.63) is 113 Å². The smallest absolute Gasteiger partial charge is 0.410 e. The number of carbonyl (C=O) groups excluding carboxylic acids is 2. The zero-order chi connectivity index (χ0) is 29.0. The van der Waals surface area contributed by atoms with Crippen LogP contribution in [-0.2, 0) is 22.6 Å². The topological polar surface area (TPSA) is 76.9 Å². The number of ether oxygens (including phenoxy) is 2. The summed E-state index contributed by atoms with van der Waals surface area (Å²) in [6.45, 7) is 6.55. The van der Waals surface area contributed by atoms with Crippen LogP contribution < -0.4 is 4.90 Å². The first-order chi connectivity index (χ1) is 19.7. The minimum absolute atomic E-state index is 0.196. The number of aromatic nitrogens is 2. The van der Waals surface area contributed by atoms with Gasteiger partial charge in [0.25, 0.3) is 5.91 Å². The van der Waals surface area contributed by atoms with Gasteiger partial charge in [0.15, 0.2) is 0 Å².